The van der Waals surface area contributed by atoms with E-state index in [0.29, 0.717) is 18.5 Å². The normalized spacial score (nSPS) is 31.6. The third-order valence-electron chi connectivity index (χ3n) is 5.52. The molecule has 2 atom stereocenters. The zero-order valence-electron chi connectivity index (χ0n) is 12.8. The van der Waals surface area contributed by atoms with Crippen molar-refractivity contribution in [2.24, 2.45) is 11.8 Å². The van der Waals surface area contributed by atoms with Crippen LogP contribution in [0.4, 0.5) is 0 Å². The monoisotopic (exact) mass is 279 g/mol. The predicted octanol–water partition coefficient (Wildman–Crippen LogP) is 1.32. The molecule has 0 radical (unpaired) electrons. The van der Waals surface area contributed by atoms with Gasteiger partial charge in [-0.05, 0) is 64.1 Å². The highest BCUT2D eigenvalue weighted by atomic mass is 16.2. The molecule has 2 bridgehead atoms. The van der Waals surface area contributed by atoms with Gasteiger partial charge >= 0.3 is 0 Å². The molecule has 4 heteroatoms. The molecule has 1 saturated carbocycles. The fraction of sp³-hybridized carbons (Fsp3) is 0.938. The third-order valence-corrected chi connectivity index (χ3v) is 5.52. The van der Waals surface area contributed by atoms with Gasteiger partial charge in [-0.3, -0.25) is 9.69 Å². The molecule has 1 aliphatic carbocycles. The Balaban J connectivity index is 1.50. The van der Waals surface area contributed by atoms with Crippen molar-refractivity contribution in [1.29, 1.82) is 0 Å². The second kappa shape index (κ2) is 6.44. The summed E-state index contributed by atoms with van der Waals surface area (Å²) >= 11 is 0. The fourth-order valence-electron chi connectivity index (χ4n) is 4.33. The molecule has 0 aromatic carbocycles. The quantitative estimate of drug-likeness (QED) is 0.846. The van der Waals surface area contributed by atoms with E-state index < -0.39 is 0 Å². The minimum absolute atomic E-state index is 0.364. The average molecular weight is 279 g/mol. The first-order valence-electron chi connectivity index (χ1n) is 8.41. The highest BCUT2D eigenvalue weighted by Crippen LogP contribution is 2.34. The number of carbonyl (C=O) groups excluding carboxylic acids is 1. The van der Waals surface area contributed by atoms with Gasteiger partial charge in [0, 0.05) is 19.1 Å². The van der Waals surface area contributed by atoms with Crippen molar-refractivity contribution in [3.63, 3.8) is 0 Å². The Hall–Kier alpha value is -0.610. The molecule has 3 rings (SSSR count). The standard InChI is InChI=1S/C16H29N3O/c1-18(15-5-7-17-8-6-15)12-16(20)19-10-13-3-2-4-14(9-13)11-19/h13-15,17H,2-12H2,1H3. The van der Waals surface area contributed by atoms with E-state index in [1.165, 1.54) is 38.5 Å². The average Bonchev–Trinajstić information content (AvgIpc) is 2.47. The number of hydrogen-bond acceptors (Lipinski definition) is 3. The summed E-state index contributed by atoms with van der Waals surface area (Å²) in [4.78, 5) is 17.0. The summed E-state index contributed by atoms with van der Waals surface area (Å²) in [6.07, 6.45) is 7.78. The second-order valence-corrected chi connectivity index (χ2v) is 7.09. The smallest absolute Gasteiger partial charge is 0.236 e. The van der Waals surface area contributed by atoms with Crippen molar-refractivity contribution < 1.29 is 4.79 Å². The molecule has 3 aliphatic rings. The van der Waals surface area contributed by atoms with Crippen LogP contribution in [0, 0.1) is 11.8 Å². The van der Waals surface area contributed by atoms with E-state index in [-0.39, 0.29) is 0 Å². The molecule has 2 unspecified atom stereocenters. The van der Waals surface area contributed by atoms with E-state index in [1.54, 1.807) is 0 Å². The lowest BCUT2D eigenvalue weighted by atomic mass is 9.78. The van der Waals surface area contributed by atoms with E-state index in [2.05, 4.69) is 22.2 Å². The van der Waals surface area contributed by atoms with Crippen LogP contribution in [0.1, 0.15) is 38.5 Å². The van der Waals surface area contributed by atoms with Gasteiger partial charge in [-0.15, -0.1) is 0 Å². The minimum Gasteiger partial charge on any atom is -0.341 e. The lowest BCUT2D eigenvalue weighted by Crippen LogP contribution is -2.50. The van der Waals surface area contributed by atoms with Gasteiger partial charge in [0.25, 0.3) is 0 Å². The molecule has 114 valence electrons. The van der Waals surface area contributed by atoms with Gasteiger partial charge in [-0.2, -0.15) is 0 Å². The molecule has 0 aromatic rings. The fourth-order valence-corrected chi connectivity index (χ4v) is 4.33. The van der Waals surface area contributed by atoms with Crippen LogP contribution in [-0.2, 0) is 4.79 Å². The molecule has 1 N–H and O–H groups in total. The maximum absolute atomic E-state index is 12.6. The van der Waals surface area contributed by atoms with E-state index in [0.717, 1.165) is 38.0 Å². The Bertz CT molecular complexity index is 329. The predicted molar refractivity (Wildman–Crippen MR) is 80.5 cm³/mol. The summed E-state index contributed by atoms with van der Waals surface area (Å²) in [5, 5.41) is 3.39. The van der Waals surface area contributed by atoms with Crippen LogP contribution in [0.2, 0.25) is 0 Å². The molecule has 2 heterocycles. The summed E-state index contributed by atoms with van der Waals surface area (Å²) in [6.45, 7) is 4.85. The molecule has 0 aromatic heterocycles. The van der Waals surface area contributed by atoms with Crippen LogP contribution < -0.4 is 5.32 Å². The van der Waals surface area contributed by atoms with E-state index >= 15 is 0 Å². The van der Waals surface area contributed by atoms with Crippen molar-refractivity contribution in [2.75, 3.05) is 39.8 Å². The Kier molecular flexibility index (Phi) is 4.61. The molecule has 4 nitrogen and oxygen atoms in total. The maximum atomic E-state index is 12.6. The Morgan fingerprint density at radius 3 is 2.45 bits per heavy atom. The Labute approximate surface area is 122 Å². The molecular weight excluding hydrogens is 250 g/mol. The number of nitrogens with zero attached hydrogens (tertiary/aromatic N) is 2. The largest absolute Gasteiger partial charge is 0.341 e. The summed E-state index contributed by atoms with van der Waals surface area (Å²) in [7, 11) is 2.12. The maximum Gasteiger partial charge on any atom is 0.236 e. The van der Waals surface area contributed by atoms with Crippen LogP contribution in [0.15, 0.2) is 0 Å². The van der Waals surface area contributed by atoms with Gasteiger partial charge in [-0.1, -0.05) is 6.42 Å². The van der Waals surface area contributed by atoms with Gasteiger partial charge in [0.1, 0.15) is 0 Å². The molecule has 1 amide bonds. The van der Waals surface area contributed by atoms with Crippen molar-refractivity contribution in [1.82, 2.24) is 15.1 Å². The Morgan fingerprint density at radius 1 is 1.15 bits per heavy atom. The third kappa shape index (κ3) is 3.34. The zero-order valence-corrected chi connectivity index (χ0v) is 12.8. The summed E-state index contributed by atoms with van der Waals surface area (Å²) in [5.41, 5.74) is 0. The molecule has 20 heavy (non-hydrogen) atoms. The zero-order chi connectivity index (χ0) is 13.9. The molecule has 2 saturated heterocycles. The molecule has 0 spiro atoms. The first-order chi connectivity index (χ1) is 9.72. The number of amides is 1. The number of carbonyl (C=O) groups is 1. The number of fused-ring (bicyclic) bond motifs is 2. The number of likely N-dealkylation sites (N-methyl/N-ethyl adjacent to an activating group) is 1. The summed E-state index contributed by atoms with van der Waals surface area (Å²) in [5.74, 6) is 1.94. The number of likely N-dealkylation sites (tertiary alicyclic amines) is 1. The first-order valence-corrected chi connectivity index (χ1v) is 8.41. The van der Waals surface area contributed by atoms with Crippen LogP contribution in [0.3, 0.4) is 0 Å². The number of piperidine rings is 2. The van der Waals surface area contributed by atoms with Gasteiger partial charge < -0.3 is 10.2 Å². The molecular formula is C16H29N3O. The van der Waals surface area contributed by atoms with Crippen LogP contribution in [0.5, 0.6) is 0 Å². The Morgan fingerprint density at radius 2 is 1.80 bits per heavy atom. The van der Waals surface area contributed by atoms with Gasteiger partial charge in [0.2, 0.25) is 5.91 Å². The van der Waals surface area contributed by atoms with Crippen LogP contribution in [0.25, 0.3) is 0 Å². The van der Waals surface area contributed by atoms with E-state index in [4.69, 9.17) is 0 Å². The van der Waals surface area contributed by atoms with Crippen molar-refractivity contribution in [3.8, 4) is 0 Å². The van der Waals surface area contributed by atoms with Gasteiger partial charge in [-0.25, -0.2) is 0 Å². The second-order valence-electron chi connectivity index (χ2n) is 7.09. The first kappa shape index (κ1) is 14.3. The molecule has 3 fully saturated rings. The SMILES string of the molecule is CN(CC(=O)N1CC2CCCC(C2)C1)C1CCNCC1. The topological polar surface area (TPSA) is 35.6 Å². The lowest BCUT2D eigenvalue weighted by molar-refractivity contribution is -0.136. The number of hydrogen-bond donors (Lipinski definition) is 1. The highest BCUT2D eigenvalue weighted by molar-refractivity contribution is 5.78. The van der Waals surface area contributed by atoms with Crippen molar-refractivity contribution >= 4 is 5.91 Å². The van der Waals surface area contributed by atoms with Gasteiger partial charge in [0.05, 0.1) is 6.54 Å². The van der Waals surface area contributed by atoms with Crippen LogP contribution in [-0.4, -0.2) is 61.5 Å². The number of rotatable bonds is 3. The van der Waals surface area contributed by atoms with Crippen molar-refractivity contribution in [2.45, 2.75) is 44.6 Å². The van der Waals surface area contributed by atoms with E-state index in [9.17, 15) is 4.79 Å². The van der Waals surface area contributed by atoms with Crippen LogP contribution >= 0.6 is 0 Å². The molecule has 2 aliphatic heterocycles. The summed E-state index contributed by atoms with van der Waals surface area (Å²) in [6, 6.07) is 0.587. The van der Waals surface area contributed by atoms with Crippen molar-refractivity contribution in [3.05, 3.63) is 0 Å². The van der Waals surface area contributed by atoms with Gasteiger partial charge in [0.15, 0.2) is 0 Å². The lowest BCUT2D eigenvalue weighted by Gasteiger charge is -2.42. The van der Waals surface area contributed by atoms with E-state index in [1.807, 2.05) is 0 Å². The summed E-state index contributed by atoms with van der Waals surface area (Å²) < 4.78 is 0. The number of nitrogens with one attached hydrogen (secondary N) is 1. The highest BCUT2D eigenvalue weighted by Gasteiger charge is 2.33. The minimum atomic E-state index is 0.364.